The minimum absolute atomic E-state index is 0. The molecule has 2 rings (SSSR count). The Morgan fingerprint density at radius 1 is 1.21 bits per heavy atom. The van der Waals surface area contributed by atoms with Gasteiger partial charge >= 0.3 is 0 Å². The molecule has 2 aromatic rings. The van der Waals surface area contributed by atoms with Crippen LogP contribution in [0.3, 0.4) is 0 Å². The first-order chi connectivity index (χ1) is 13.6. The number of guanidine groups is 1. The molecule has 29 heavy (non-hydrogen) atoms. The van der Waals surface area contributed by atoms with Gasteiger partial charge in [0.05, 0.1) is 5.69 Å². The molecule has 0 saturated heterocycles. The van der Waals surface area contributed by atoms with Crippen LogP contribution in [0.1, 0.15) is 39.2 Å². The van der Waals surface area contributed by atoms with Crippen LogP contribution in [0.15, 0.2) is 47.7 Å². The number of aromatic nitrogens is 2. The van der Waals surface area contributed by atoms with E-state index in [9.17, 15) is 5.11 Å². The molecule has 0 aliphatic heterocycles. The standard InChI is InChI=1S/C22H35N5O.HI/c1-4-23-22(25-17-20(11-15-28)16-18(2)3)24-13-10-19-6-8-21(9-7-19)27-14-5-12-26-27;/h5-9,12,14,18,20,28H,4,10-11,13,15-17H2,1-3H3,(H2,23,24,25);1H. The van der Waals surface area contributed by atoms with E-state index in [-0.39, 0.29) is 30.6 Å². The maximum Gasteiger partial charge on any atom is 0.191 e. The van der Waals surface area contributed by atoms with Gasteiger partial charge in [0.2, 0.25) is 0 Å². The van der Waals surface area contributed by atoms with Gasteiger partial charge in [-0.15, -0.1) is 24.0 Å². The molecule has 1 aromatic carbocycles. The zero-order valence-corrected chi connectivity index (χ0v) is 20.2. The first-order valence-corrected chi connectivity index (χ1v) is 10.3. The van der Waals surface area contributed by atoms with Crippen molar-refractivity contribution in [1.29, 1.82) is 0 Å². The molecule has 3 N–H and O–H groups in total. The Kier molecular flexibility index (Phi) is 12.6. The monoisotopic (exact) mass is 513 g/mol. The topological polar surface area (TPSA) is 74.5 Å². The van der Waals surface area contributed by atoms with E-state index in [0.717, 1.165) is 50.5 Å². The average Bonchev–Trinajstić information content (AvgIpc) is 3.21. The van der Waals surface area contributed by atoms with Crippen LogP contribution in [0.5, 0.6) is 0 Å². The van der Waals surface area contributed by atoms with Gasteiger partial charge in [-0.1, -0.05) is 26.0 Å². The summed E-state index contributed by atoms with van der Waals surface area (Å²) in [6, 6.07) is 10.4. The van der Waals surface area contributed by atoms with Gasteiger partial charge < -0.3 is 15.7 Å². The van der Waals surface area contributed by atoms with Crippen molar-refractivity contribution in [2.24, 2.45) is 16.8 Å². The van der Waals surface area contributed by atoms with E-state index in [2.05, 4.69) is 60.8 Å². The normalized spacial score (nSPS) is 12.5. The Morgan fingerprint density at radius 2 is 1.97 bits per heavy atom. The van der Waals surface area contributed by atoms with Gasteiger partial charge in [-0.2, -0.15) is 5.10 Å². The second-order valence-electron chi connectivity index (χ2n) is 7.52. The molecular weight excluding hydrogens is 477 g/mol. The van der Waals surface area contributed by atoms with Crippen LogP contribution in [0, 0.1) is 11.8 Å². The van der Waals surface area contributed by atoms with Crippen LogP contribution in [-0.2, 0) is 6.42 Å². The lowest BCUT2D eigenvalue weighted by Gasteiger charge is -2.17. The predicted octanol–water partition coefficient (Wildman–Crippen LogP) is 3.63. The molecule has 0 aliphatic rings. The molecule has 0 fully saturated rings. The molecule has 6 nitrogen and oxygen atoms in total. The van der Waals surface area contributed by atoms with Crippen LogP contribution in [0.4, 0.5) is 0 Å². The van der Waals surface area contributed by atoms with Gasteiger partial charge in [-0.3, -0.25) is 4.99 Å². The summed E-state index contributed by atoms with van der Waals surface area (Å²) in [5, 5.41) is 20.3. The lowest BCUT2D eigenvalue weighted by Crippen LogP contribution is -2.38. The van der Waals surface area contributed by atoms with Crippen molar-refractivity contribution in [2.45, 2.75) is 40.0 Å². The van der Waals surface area contributed by atoms with Gasteiger partial charge in [0.25, 0.3) is 0 Å². The molecular formula is C22H36IN5O. The summed E-state index contributed by atoms with van der Waals surface area (Å²) in [4.78, 5) is 4.74. The second-order valence-corrected chi connectivity index (χ2v) is 7.52. The molecule has 7 heteroatoms. The van der Waals surface area contributed by atoms with Crippen molar-refractivity contribution >= 4 is 29.9 Å². The first-order valence-electron chi connectivity index (χ1n) is 10.3. The van der Waals surface area contributed by atoms with Crippen molar-refractivity contribution in [3.05, 3.63) is 48.3 Å². The fourth-order valence-corrected chi connectivity index (χ4v) is 3.26. The Morgan fingerprint density at radius 3 is 2.55 bits per heavy atom. The fourth-order valence-electron chi connectivity index (χ4n) is 3.26. The summed E-state index contributed by atoms with van der Waals surface area (Å²) >= 11 is 0. The maximum atomic E-state index is 9.28. The molecule has 0 bridgehead atoms. The van der Waals surface area contributed by atoms with Crippen molar-refractivity contribution in [3.8, 4) is 5.69 Å². The average molecular weight is 513 g/mol. The van der Waals surface area contributed by atoms with E-state index in [0.29, 0.717) is 11.8 Å². The summed E-state index contributed by atoms with van der Waals surface area (Å²) in [6.07, 6.45) is 6.55. The minimum atomic E-state index is 0. The SMILES string of the molecule is CCNC(=NCC(CCO)CC(C)C)NCCc1ccc(-n2cccn2)cc1.I. The number of rotatable bonds is 11. The number of hydrogen-bond acceptors (Lipinski definition) is 3. The number of aliphatic hydroxyl groups is 1. The van der Waals surface area contributed by atoms with Gasteiger partial charge in [-0.05, 0) is 61.8 Å². The van der Waals surface area contributed by atoms with E-state index >= 15 is 0 Å². The van der Waals surface area contributed by atoms with Crippen molar-refractivity contribution in [1.82, 2.24) is 20.4 Å². The quantitative estimate of drug-likeness (QED) is 0.244. The Hall–Kier alpha value is -1.61. The molecule has 1 atom stereocenters. The Labute approximate surface area is 192 Å². The van der Waals surface area contributed by atoms with Gasteiger partial charge in [0, 0.05) is 38.6 Å². The molecule has 0 radical (unpaired) electrons. The molecule has 1 unspecified atom stereocenters. The summed E-state index contributed by atoms with van der Waals surface area (Å²) in [7, 11) is 0. The van der Waals surface area contributed by atoms with Crippen LogP contribution in [0.2, 0.25) is 0 Å². The molecule has 0 saturated carbocycles. The molecule has 162 valence electrons. The predicted molar refractivity (Wildman–Crippen MR) is 131 cm³/mol. The first kappa shape index (κ1) is 25.4. The minimum Gasteiger partial charge on any atom is -0.396 e. The highest BCUT2D eigenvalue weighted by Crippen LogP contribution is 2.15. The van der Waals surface area contributed by atoms with Gasteiger partial charge in [0.1, 0.15) is 0 Å². The fraction of sp³-hybridized carbons (Fsp3) is 0.545. The number of nitrogens with one attached hydrogen (secondary N) is 2. The Balaban J connectivity index is 0.00000420. The highest BCUT2D eigenvalue weighted by atomic mass is 127. The summed E-state index contributed by atoms with van der Waals surface area (Å²) in [5.74, 6) is 1.89. The highest BCUT2D eigenvalue weighted by Gasteiger charge is 2.10. The molecule has 0 spiro atoms. The largest absolute Gasteiger partial charge is 0.396 e. The summed E-state index contributed by atoms with van der Waals surface area (Å²) < 4.78 is 1.86. The number of aliphatic hydroxyl groups excluding tert-OH is 1. The van der Waals surface area contributed by atoms with E-state index in [1.54, 1.807) is 6.20 Å². The summed E-state index contributed by atoms with van der Waals surface area (Å²) in [5.41, 5.74) is 2.34. The number of aliphatic imine (C=N–C) groups is 1. The van der Waals surface area contributed by atoms with Gasteiger partial charge in [0.15, 0.2) is 5.96 Å². The number of hydrogen-bond donors (Lipinski definition) is 3. The lowest BCUT2D eigenvalue weighted by atomic mass is 9.94. The van der Waals surface area contributed by atoms with E-state index in [4.69, 9.17) is 4.99 Å². The third-order valence-electron chi connectivity index (χ3n) is 4.61. The molecule has 1 aromatic heterocycles. The zero-order valence-electron chi connectivity index (χ0n) is 17.8. The number of halogens is 1. The van der Waals surface area contributed by atoms with Crippen LogP contribution in [0.25, 0.3) is 5.69 Å². The van der Waals surface area contributed by atoms with Crippen LogP contribution >= 0.6 is 24.0 Å². The van der Waals surface area contributed by atoms with Crippen molar-refractivity contribution in [2.75, 3.05) is 26.2 Å². The third kappa shape index (κ3) is 9.62. The molecule has 1 heterocycles. The third-order valence-corrected chi connectivity index (χ3v) is 4.61. The molecule has 0 amide bonds. The second kappa shape index (κ2) is 14.4. The van der Waals surface area contributed by atoms with Crippen LogP contribution < -0.4 is 10.6 Å². The van der Waals surface area contributed by atoms with Crippen molar-refractivity contribution < 1.29 is 5.11 Å². The van der Waals surface area contributed by atoms with Crippen LogP contribution in [-0.4, -0.2) is 47.1 Å². The summed E-state index contributed by atoms with van der Waals surface area (Å²) in [6.45, 7) is 9.13. The van der Waals surface area contributed by atoms with Crippen molar-refractivity contribution in [3.63, 3.8) is 0 Å². The maximum absolute atomic E-state index is 9.28. The lowest BCUT2D eigenvalue weighted by molar-refractivity contribution is 0.245. The highest BCUT2D eigenvalue weighted by molar-refractivity contribution is 14.0. The Bertz CT molecular complexity index is 686. The zero-order chi connectivity index (χ0) is 20.2. The number of benzene rings is 1. The van der Waals surface area contributed by atoms with E-state index in [1.807, 2.05) is 16.9 Å². The smallest absolute Gasteiger partial charge is 0.191 e. The molecule has 0 aliphatic carbocycles. The van der Waals surface area contributed by atoms with E-state index in [1.165, 1.54) is 5.56 Å². The van der Waals surface area contributed by atoms with Gasteiger partial charge in [-0.25, -0.2) is 4.68 Å². The van der Waals surface area contributed by atoms with E-state index < -0.39 is 0 Å². The number of nitrogens with zero attached hydrogens (tertiary/aromatic N) is 3.